The second kappa shape index (κ2) is 6.80. The number of benzene rings is 3. The molecule has 0 radical (unpaired) electrons. The quantitative estimate of drug-likeness (QED) is 0.526. The van der Waals surface area contributed by atoms with Gasteiger partial charge in [-0.15, -0.1) is 0 Å². The molecule has 1 heterocycles. The standard InChI is InChI=1S/C24H26BNO2/c1-23(2)24(3,4)28-25(27-23)21-13-9-19(10-14-21)17-5-7-18(8-6-17)20-11-15-22(26)16-12-20/h5-16H,26H2,1-4H3. The minimum absolute atomic E-state index is 0.325. The Hall–Kier alpha value is -2.56. The largest absolute Gasteiger partial charge is 0.494 e. The first kappa shape index (κ1) is 18.8. The number of nitrogen functional groups attached to an aromatic ring is 1. The lowest BCUT2D eigenvalue weighted by Gasteiger charge is -2.32. The summed E-state index contributed by atoms with van der Waals surface area (Å²) in [5, 5.41) is 0. The Labute approximate surface area is 167 Å². The molecule has 0 atom stereocenters. The zero-order valence-corrected chi connectivity index (χ0v) is 16.9. The molecule has 3 nitrogen and oxygen atoms in total. The molecule has 1 fully saturated rings. The summed E-state index contributed by atoms with van der Waals surface area (Å²) in [6.07, 6.45) is 0. The fraction of sp³-hybridized carbons (Fsp3) is 0.250. The zero-order valence-electron chi connectivity index (χ0n) is 16.9. The van der Waals surface area contributed by atoms with Crippen molar-refractivity contribution >= 4 is 18.3 Å². The van der Waals surface area contributed by atoms with Gasteiger partial charge in [-0.25, -0.2) is 0 Å². The number of hydrogen-bond donors (Lipinski definition) is 1. The van der Waals surface area contributed by atoms with Crippen LogP contribution in [0.1, 0.15) is 27.7 Å². The minimum atomic E-state index is -0.327. The van der Waals surface area contributed by atoms with Gasteiger partial charge in [0.1, 0.15) is 0 Å². The Morgan fingerprint density at radius 3 is 1.29 bits per heavy atom. The van der Waals surface area contributed by atoms with Gasteiger partial charge in [-0.2, -0.15) is 0 Å². The highest BCUT2D eigenvalue weighted by atomic mass is 16.7. The molecular formula is C24H26BNO2. The van der Waals surface area contributed by atoms with Crippen molar-refractivity contribution in [1.82, 2.24) is 0 Å². The Balaban J connectivity index is 1.52. The third-order valence-electron chi connectivity index (χ3n) is 5.90. The van der Waals surface area contributed by atoms with Crippen molar-refractivity contribution in [3.8, 4) is 22.3 Å². The number of anilines is 1. The van der Waals surface area contributed by atoms with E-state index in [1.54, 1.807) is 0 Å². The monoisotopic (exact) mass is 371 g/mol. The van der Waals surface area contributed by atoms with E-state index in [4.69, 9.17) is 15.0 Å². The summed E-state index contributed by atoms with van der Waals surface area (Å²) in [4.78, 5) is 0. The van der Waals surface area contributed by atoms with E-state index in [9.17, 15) is 0 Å². The third-order valence-corrected chi connectivity index (χ3v) is 5.90. The van der Waals surface area contributed by atoms with Gasteiger partial charge in [0.2, 0.25) is 0 Å². The lowest BCUT2D eigenvalue weighted by Crippen LogP contribution is -2.41. The maximum Gasteiger partial charge on any atom is 0.494 e. The van der Waals surface area contributed by atoms with E-state index < -0.39 is 0 Å². The molecule has 4 rings (SSSR count). The molecule has 0 aromatic heterocycles. The smallest absolute Gasteiger partial charge is 0.399 e. The molecule has 1 aliphatic heterocycles. The summed E-state index contributed by atoms with van der Waals surface area (Å²) >= 11 is 0. The molecular weight excluding hydrogens is 345 g/mol. The first-order valence-corrected chi connectivity index (χ1v) is 9.67. The predicted octanol–water partition coefficient (Wildman–Crippen LogP) is 4.90. The number of rotatable bonds is 3. The highest BCUT2D eigenvalue weighted by Crippen LogP contribution is 2.36. The van der Waals surface area contributed by atoms with E-state index in [2.05, 4.69) is 76.2 Å². The van der Waals surface area contributed by atoms with Crippen molar-refractivity contribution in [1.29, 1.82) is 0 Å². The Morgan fingerprint density at radius 1 is 0.571 bits per heavy atom. The van der Waals surface area contributed by atoms with Crippen LogP contribution in [0.5, 0.6) is 0 Å². The van der Waals surface area contributed by atoms with Gasteiger partial charge in [0, 0.05) is 5.69 Å². The average molecular weight is 371 g/mol. The lowest BCUT2D eigenvalue weighted by atomic mass is 9.78. The van der Waals surface area contributed by atoms with E-state index >= 15 is 0 Å². The van der Waals surface area contributed by atoms with Crippen molar-refractivity contribution in [3.05, 3.63) is 72.8 Å². The van der Waals surface area contributed by atoms with Gasteiger partial charge in [0.05, 0.1) is 11.2 Å². The molecule has 1 aliphatic rings. The van der Waals surface area contributed by atoms with Crippen molar-refractivity contribution in [2.45, 2.75) is 38.9 Å². The molecule has 0 spiro atoms. The van der Waals surface area contributed by atoms with Crippen LogP contribution in [0, 0.1) is 0 Å². The summed E-state index contributed by atoms with van der Waals surface area (Å²) in [5.74, 6) is 0. The van der Waals surface area contributed by atoms with Crippen LogP contribution < -0.4 is 11.2 Å². The van der Waals surface area contributed by atoms with Crippen molar-refractivity contribution in [2.24, 2.45) is 0 Å². The molecule has 0 saturated carbocycles. The van der Waals surface area contributed by atoms with Crippen LogP contribution in [0.15, 0.2) is 72.8 Å². The Kier molecular flexibility index (Phi) is 4.57. The van der Waals surface area contributed by atoms with Gasteiger partial charge >= 0.3 is 7.12 Å². The number of nitrogens with two attached hydrogens (primary N) is 1. The van der Waals surface area contributed by atoms with Crippen molar-refractivity contribution in [3.63, 3.8) is 0 Å². The second-order valence-corrected chi connectivity index (χ2v) is 8.41. The summed E-state index contributed by atoms with van der Waals surface area (Å²) in [6, 6.07) is 25.0. The third kappa shape index (κ3) is 3.46. The fourth-order valence-electron chi connectivity index (χ4n) is 3.34. The molecule has 3 aromatic carbocycles. The Morgan fingerprint density at radius 2 is 0.893 bits per heavy atom. The van der Waals surface area contributed by atoms with Gasteiger partial charge in [-0.1, -0.05) is 60.7 Å². The van der Waals surface area contributed by atoms with Crippen LogP contribution in [-0.4, -0.2) is 18.3 Å². The zero-order chi connectivity index (χ0) is 19.9. The topological polar surface area (TPSA) is 44.5 Å². The highest BCUT2D eigenvalue weighted by Gasteiger charge is 2.51. The normalized spacial score (nSPS) is 17.6. The van der Waals surface area contributed by atoms with Gasteiger partial charge in [-0.05, 0) is 67.5 Å². The maximum atomic E-state index is 6.14. The fourth-order valence-corrected chi connectivity index (χ4v) is 3.34. The van der Waals surface area contributed by atoms with Crippen molar-refractivity contribution < 1.29 is 9.31 Å². The molecule has 2 N–H and O–H groups in total. The Bertz CT molecular complexity index is 945. The molecule has 0 unspecified atom stereocenters. The van der Waals surface area contributed by atoms with E-state index in [0.717, 1.165) is 16.7 Å². The van der Waals surface area contributed by atoms with Gasteiger partial charge in [-0.3, -0.25) is 0 Å². The molecule has 4 heteroatoms. The second-order valence-electron chi connectivity index (χ2n) is 8.41. The van der Waals surface area contributed by atoms with Crippen molar-refractivity contribution in [2.75, 3.05) is 5.73 Å². The molecule has 28 heavy (non-hydrogen) atoms. The molecule has 0 bridgehead atoms. The van der Waals surface area contributed by atoms with Gasteiger partial charge in [0.25, 0.3) is 0 Å². The SMILES string of the molecule is CC1(C)OB(c2ccc(-c3ccc(-c4ccc(N)cc4)cc3)cc2)OC1(C)C. The van der Waals surface area contributed by atoms with Crippen LogP contribution in [0.2, 0.25) is 0 Å². The molecule has 0 aliphatic carbocycles. The summed E-state index contributed by atoms with van der Waals surface area (Å²) in [5.41, 5.74) is 11.6. The first-order valence-electron chi connectivity index (χ1n) is 9.67. The highest BCUT2D eigenvalue weighted by molar-refractivity contribution is 6.62. The van der Waals surface area contributed by atoms with Gasteiger partial charge < -0.3 is 15.0 Å². The first-order chi connectivity index (χ1) is 13.2. The summed E-state index contributed by atoms with van der Waals surface area (Å²) in [7, 11) is -0.327. The molecule has 3 aromatic rings. The van der Waals surface area contributed by atoms with E-state index in [0.29, 0.717) is 0 Å². The maximum absolute atomic E-state index is 6.14. The predicted molar refractivity (Wildman–Crippen MR) is 117 cm³/mol. The molecule has 142 valence electrons. The van der Waals surface area contributed by atoms with Crippen LogP contribution in [-0.2, 0) is 9.31 Å². The summed E-state index contributed by atoms with van der Waals surface area (Å²) < 4.78 is 12.3. The van der Waals surface area contributed by atoms with Crippen LogP contribution in [0.3, 0.4) is 0 Å². The summed E-state index contributed by atoms with van der Waals surface area (Å²) in [6.45, 7) is 8.29. The van der Waals surface area contributed by atoms with E-state index in [1.165, 1.54) is 16.7 Å². The average Bonchev–Trinajstić information content (AvgIpc) is 2.90. The lowest BCUT2D eigenvalue weighted by molar-refractivity contribution is 0.00578. The van der Waals surface area contributed by atoms with E-state index in [1.807, 2.05) is 24.3 Å². The minimum Gasteiger partial charge on any atom is -0.399 e. The van der Waals surface area contributed by atoms with Gasteiger partial charge in [0.15, 0.2) is 0 Å². The van der Waals surface area contributed by atoms with Crippen LogP contribution >= 0.6 is 0 Å². The van der Waals surface area contributed by atoms with Crippen LogP contribution in [0.4, 0.5) is 5.69 Å². The molecule has 0 amide bonds. The van der Waals surface area contributed by atoms with Crippen LogP contribution in [0.25, 0.3) is 22.3 Å². The van der Waals surface area contributed by atoms with E-state index in [-0.39, 0.29) is 18.3 Å². The number of hydrogen-bond acceptors (Lipinski definition) is 3. The molecule has 1 saturated heterocycles.